The SMILES string of the molecule is COC(=O)[C@H](/C=C/[C@H](Cc1ccccc1)NS(=O)(=O)c1c(C)cc(C)cc1C)CCC(=O)OCc1ccccc1. The van der Waals surface area contributed by atoms with Gasteiger partial charge in [-0.2, -0.15) is 0 Å². The van der Waals surface area contributed by atoms with Crippen molar-refractivity contribution in [3.63, 3.8) is 0 Å². The number of rotatable bonds is 13. The molecule has 0 saturated heterocycles. The molecule has 3 rings (SSSR count). The van der Waals surface area contributed by atoms with E-state index < -0.39 is 33.9 Å². The highest BCUT2D eigenvalue weighted by molar-refractivity contribution is 7.89. The monoisotopic (exact) mass is 563 g/mol. The van der Waals surface area contributed by atoms with Gasteiger partial charge in [0.1, 0.15) is 6.61 Å². The van der Waals surface area contributed by atoms with Gasteiger partial charge in [-0.1, -0.05) is 90.5 Å². The Kier molecular flexibility index (Phi) is 11.2. The first-order valence-corrected chi connectivity index (χ1v) is 14.7. The summed E-state index contributed by atoms with van der Waals surface area (Å²) in [4.78, 5) is 25.1. The maximum atomic E-state index is 13.5. The van der Waals surface area contributed by atoms with Gasteiger partial charge in [0, 0.05) is 12.5 Å². The topological polar surface area (TPSA) is 98.8 Å². The zero-order valence-electron chi connectivity index (χ0n) is 23.4. The van der Waals surface area contributed by atoms with E-state index in [0.717, 1.165) is 16.7 Å². The minimum absolute atomic E-state index is 0.00771. The summed E-state index contributed by atoms with van der Waals surface area (Å²) in [5.74, 6) is -1.70. The number of benzene rings is 3. The van der Waals surface area contributed by atoms with Crippen molar-refractivity contribution >= 4 is 22.0 Å². The van der Waals surface area contributed by atoms with Crippen molar-refractivity contribution < 1.29 is 27.5 Å². The molecule has 40 heavy (non-hydrogen) atoms. The number of ether oxygens (including phenoxy) is 2. The normalized spacial score (nSPS) is 13.1. The summed E-state index contributed by atoms with van der Waals surface area (Å²) >= 11 is 0. The molecule has 0 bridgehead atoms. The molecule has 0 aliphatic heterocycles. The van der Waals surface area contributed by atoms with Gasteiger partial charge in [-0.25, -0.2) is 13.1 Å². The van der Waals surface area contributed by atoms with Crippen LogP contribution in [0.4, 0.5) is 0 Å². The highest BCUT2D eigenvalue weighted by Gasteiger charge is 2.24. The van der Waals surface area contributed by atoms with Gasteiger partial charge in [0.15, 0.2) is 0 Å². The molecule has 0 unspecified atom stereocenters. The van der Waals surface area contributed by atoms with Crippen LogP contribution >= 0.6 is 0 Å². The Morgan fingerprint density at radius 2 is 1.45 bits per heavy atom. The minimum atomic E-state index is -3.88. The molecule has 0 saturated carbocycles. The van der Waals surface area contributed by atoms with Crippen LogP contribution in [0, 0.1) is 26.7 Å². The molecule has 7 nitrogen and oxygen atoms in total. The second-order valence-corrected chi connectivity index (χ2v) is 11.5. The van der Waals surface area contributed by atoms with Crippen LogP contribution in [0.25, 0.3) is 0 Å². The van der Waals surface area contributed by atoms with Gasteiger partial charge >= 0.3 is 11.9 Å². The summed E-state index contributed by atoms with van der Waals surface area (Å²) in [7, 11) is -2.60. The highest BCUT2D eigenvalue weighted by atomic mass is 32.2. The van der Waals surface area contributed by atoms with Gasteiger partial charge in [-0.3, -0.25) is 9.59 Å². The maximum Gasteiger partial charge on any atom is 0.312 e. The van der Waals surface area contributed by atoms with Crippen molar-refractivity contribution in [3.05, 3.63) is 113 Å². The Labute approximate surface area is 237 Å². The van der Waals surface area contributed by atoms with Gasteiger partial charge in [-0.15, -0.1) is 0 Å². The quantitative estimate of drug-likeness (QED) is 0.222. The Hall–Kier alpha value is -3.75. The molecule has 2 atom stereocenters. The van der Waals surface area contributed by atoms with Crippen LogP contribution in [0.5, 0.6) is 0 Å². The van der Waals surface area contributed by atoms with Crippen LogP contribution in [0.1, 0.15) is 40.7 Å². The maximum absolute atomic E-state index is 13.5. The molecule has 0 fully saturated rings. The Morgan fingerprint density at radius 1 is 0.875 bits per heavy atom. The van der Waals surface area contributed by atoms with Crippen LogP contribution < -0.4 is 4.72 Å². The van der Waals surface area contributed by atoms with Crippen LogP contribution in [-0.2, 0) is 42.1 Å². The van der Waals surface area contributed by atoms with E-state index in [-0.39, 0.29) is 24.3 Å². The number of methoxy groups -OCH3 is 1. The average Bonchev–Trinajstić information content (AvgIpc) is 2.91. The third-order valence-corrected chi connectivity index (χ3v) is 8.25. The zero-order valence-corrected chi connectivity index (χ0v) is 24.2. The molecule has 1 N–H and O–H groups in total. The summed E-state index contributed by atoms with van der Waals surface area (Å²) in [6, 6.07) is 21.9. The molecule has 0 aliphatic rings. The van der Waals surface area contributed by atoms with E-state index in [1.807, 2.05) is 79.7 Å². The third kappa shape index (κ3) is 9.17. The molecule has 212 valence electrons. The molecule has 3 aromatic carbocycles. The number of carbonyl (C=O) groups is 2. The van der Waals surface area contributed by atoms with E-state index in [4.69, 9.17) is 9.47 Å². The number of sulfonamides is 1. The summed E-state index contributed by atoms with van der Waals surface area (Å²) in [6.45, 7) is 5.63. The van der Waals surface area contributed by atoms with Gasteiger partial charge in [-0.05, 0) is 55.9 Å². The number of carbonyl (C=O) groups excluding carboxylic acids is 2. The van der Waals surface area contributed by atoms with Crippen molar-refractivity contribution in [2.45, 2.75) is 57.6 Å². The van der Waals surface area contributed by atoms with Gasteiger partial charge in [0.05, 0.1) is 17.9 Å². The molecule has 0 heterocycles. The zero-order chi connectivity index (χ0) is 29.1. The van der Waals surface area contributed by atoms with Gasteiger partial charge in [0.2, 0.25) is 10.0 Å². The first kappa shape index (κ1) is 30.8. The Balaban J connectivity index is 1.78. The molecule has 0 aromatic heterocycles. The smallest absolute Gasteiger partial charge is 0.312 e. The van der Waals surface area contributed by atoms with Crippen molar-refractivity contribution in [3.8, 4) is 0 Å². The molecular formula is C32H37NO6S. The van der Waals surface area contributed by atoms with Crippen LogP contribution in [0.3, 0.4) is 0 Å². The second-order valence-electron chi connectivity index (χ2n) is 9.84. The number of hydrogen-bond donors (Lipinski definition) is 1. The first-order valence-electron chi connectivity index (χ1n) is 13.2. The Morgan fingerprint density at radius 3 is 2.02 bits per heavy atom. The lowest BCUT2D eigenvalue weighted by Crippen LogP contribution is -2.36. The van der Waals surface area contributed by atoms with Crippen molar-refractivity contribution in [1.82, 2.24) is 4.72 Å². The Bertz CT molecular complexity index is 1400. The number of esters is 2. The summed E-state index contributed by atoms with van der Waals surface area (Å²) in [5.41, 5.74) is 4.10. The first-order chi connectivity index (χ1) is 19.1. The number of aryl methyl sites for hydroxylation is 3. The van der Waals surface area contributed by atoms with Gasteiger partial charge < -0.3 is 9.47 Å². The number of nitrogens with one attached hydrogen (secondary N) is 1. The molecule has 8 heteroatoms. The molecular weight excluding hydrogens is 526 g/mol. The largest absolute Gasteiger partial charge is 0.469 e. The van der Waals surface area contributed by atoms with E-state index in [2.05, 4.69) is 4.72 Å². The fourth-order valence-corrected chi connectivity index (χ4v) is 6.31. The second kappa shape index (κ2) is 14.6. The minimum Gasteiger partial charge on any atom is -0.469 e. The summed E-state index contributed by atoms with van der Waals surface area (Å²) < 4.78 is 40.2. The van der Waals surface area contributed by atoms with Crippen molar-refractivity contribution in [2.75, 3.05) is 7.11 Å². The standard InChI is InChI=1S/C32H37NO6S/c1-23-19-24(2)31(25(3)20-23)40(36,37)33-29(21-26-11-7-5-8-12-26)17-15-28(32(35)38-4)16-18-30(34)39-22-27-13-9-6-10-14-27/h5-15,17,19-20,28-29,33H,16,18,21-22H2,1-4H3/b17-15+/t28-,29-/m1/s1. The fourth-order valence-electron chi connectivity index (χ4n) is 4.66. The predicted octanol–water partition coefficient (Wildman–Crippen LogP) is 5.37. The number of hydrogen-bond acceptors (Lipinski definition) is 6. The van der Waals surface area contributed by atoms with Crippen LogP contribution in [0.2, 0.25) is 0 Å². The molecule has 0 spiro atoms. The van der Waals surface area contributed by atoms with E-state index in [1.54, 1.807) is 26.0 Å². The van der Waals surface area contributed by atoms with E-state index in [1.165, 1.54) is 7.11 Å². The highest BCUT2D eigenvalue weighted by Crippen LogP contribution is 2.23. The fraction of sp³-hybridized carbons (Fsp3) is 0.312. The predicted molar refractivity (Wildman–Crippen MR) is 155 cm³/mol. The summed E-state index contributed by atoms with van der Waals surface area (Å²) in [6.07, 6.45) is 3.82. The van der Waals surface area contributed by atoms with Crippen LogP contribution in [-0.4, -0.2) is 33.5 Å². The van der Waals surface area contributed by atoms with E-state index >= 15 is 0 Å². The molecule has 0 aliphatic carbocycles. The van der Waals surface area contributed by atoms with E-state index in [9.17, 15) is 18.0 Å². The average molecular weight is 564 g/mol. The summed E-state index contributed by atoms with van der Waals surface area (Å²) in [5, 5.41) is 0. The lowest BCUT2D eigenvalue weighted by molar-refractivity contribution is -0.147. The van der Waals surface area contributed by atoms with Crippen LogP contribution in [0.15, 0.2) is 89.8 Å². The van der Waals surface area contributed by atoms with Gasteiger partial charge in [0.25, 0.3) is 0 Å². The van der Waals surface area contributed by atoms with E-state index in [0.29, 0.717) is 17.5 Å². The van der Waals surface area contributed by atoms with Crippen molar-refractivity contribution in [1.29, 1.82) is 0 Å². The molecule has 0 amide bonds. The molecule has 0 radical (unpaired) electrons. The lowest BCUT2D eigenvalue weighted by Gasteiger charge is -2.19. The third-order valence-electron chi connectivity index (χ3n) is 6.46. The lowest BCUT2D eigenvalue weighted by atomic mass is 10.00. The molecule has 3 aromatic rings. The van der Waals surface area contributed by atoms with Crippen molar-refractivity contribution in [2.24, 2.45) is 5.92 Å².